The van der Waals surface area contributed by atoms with E-state index in [0.717, 1.165) is 83.4 Å². The molecular formula is C44H53F12N3O7. The van der Waals surface area contributed by atoms with Crippen molar-refractivity contribution in [2.24, 2.45) is 5.41 Å². The van der Waals surface area contributed by atoms with Crippen LogP contribution in [0.15, 0.2) is 36.4 Å². The van der Waals surface area contributed by atoms with Gasteiger partial charge in [-0.25, -0.2) is 9.59 Å². The Morgan fingerprint density at radius 2 is 1.02 bits per heavy atom. The molecule has 1 aliphatic carbocycles. The molecule has 370 valence electrons. The number of carbonyl (C=O) groups is 3. The standard InChI is InChI=1S/C21H24F6N2O3.C13H17F6NO2.C9H8O2.CH4/c22-20(23,24)17(21(25,26)27)32-18(30)28-8-5-19(6-9-28)4-1-7-29(19)11-14-2-3-15-12-31-13-16(15)10-14;14-12(15,16)9(13(17,18)19)22-10(21)20-7-5-11(6-8-20)3-1-2-4-11;10-4-7-1-2-8-5-11-6-9(8)3-7;/h2-3,10,17H,1,4-9,11-13H2;9H,1-8H2;1-4H,5-6H2;1H4. The van der Waals surface area contributed by atoms with Crippen LogP contribution in [0.3, 0.4) is 0 Å². The molecule has 5 aliphatic heterocycles. The molecule has 6 aliphatic rings. The molecular weight excluding hydrogens is 910 g/mol. The predicted octanol–water partition coefficient (Wildman–Crippen LogP) is 11.2. The van der Waals surface area contributed by atoms with Crippen LogP contribution in [0, 0.1) is 5.41 Å². The summed E-state index contributed by atoms with van der Waals surface area (Å²) in [5.74, 6) is 0. The van der Waals surface area contributed by atoms with E-state index < -0.39 is 49.1 Å². The number of piperidine rings is 2. The average Bonchev–Trinajstić information content (AvgIpc) is 4.07. The SMILES string of the molecule is C.O=C(OC(C(F)(F)F)C(F)(F)F)N1CCC2(CCCC2)CC1.O=C(OC(C(F)(F)F)C(F)(F)F)N1CCC2(CCCN2Cc2ccc3c(c2)COC3)CC1.O=Cc1ccc2c(c1)COC2. The van der Waals surface area contributed by atoms with Gasteiger partial charge < -0.3 is 28.7 Å². The molecule has 4 fully saturated rings. The number of rotatable bonds is 5. The van der Waals surface area contributed by atoms with E-state index in [1.165, 1.54) is 11.1 Å². The van der Waals surface area contributed by atoms with Crippen molar-refractivity contribution in [1.29, 1.82) is 0 Å². The third-order valence-corrected chi connectivity index (χ3v) is 13.1. The van der Waals surface area contributed by atoms with E-state index in [2.05, 4.69) is 32.6 Å². The predicted molar refractivity (Wildman–Crippen MR) is 212 cm³/mol. The highest BCUT2D eigenvalue weighted by Crippen LogP contribution is 2.47. The van der Waals surface area contributed by atoms with Crippen LogP contribution in [0.2, 0.25) is 0 Å². The molecule has 0 radical (unpaired) electrons. The summed E-state index contributed by atoms with van der Waals surface area (Å²) in [7, 11) is 0. The summed E-state index contributed by atoms with van der Waals surface area (Å²) >= 11 is 0. The normalized spacial score (nSPS) is 20.3. The first-order valence-electron chi connectivity index (χ1n) is 21.2. The maximum Gasteiger partial charge on any atom is 0.434 e. The van der Waals surface area contributed by atoms with Gasteiger partial charge in [0.25, 0.3) is 12.2 Å². The number of halogens is 12. The number of fused-ring (bicyclic) bond motifs is 2. The van der Waals surface area contributed by atoms with Crippen LogP contribution in [-0.2, 0) is 51.9 Å². The Labute approximate surface area is 373 Å². The highest BCUT2D eigenvalue weighted by molar-refractivity contribution is 5.75. The fraction of sp³-hybridized carbons (Fsp3) is 0.659. The lowest BCUT2D eigenvalue weighted by molar-refractivity contribution is -0.309. The van der Waals surface area contributed by atoms with E-state index in [1.54, 1.807) is 0 Å². The lowest BCUT2D eigenvalue weighted by Gasteiger charge is -2.45. The number of benzene rings is 2. The highest BCUT2D eigenvalue weighted by Gasteiger charge is 2.61. The van der Waals surface area contributed by atoms with E-state index in [0.29, 0.717) is 58.7 Å². The van der Waals surface area contributed by atoms with Crippen molar-refractivity contribution < 1.29 is 86.0 Å². The molecule has 5 heterocycles. The van der Waals surface area contributed by atoms with Gasteiger partial charge in [-0.15, -0.1) is 0 Å². The number of hydrogen-bond acceptors (Lipinski definition) is 8. The lowest BCUT2D eigenvalue weighted by atomic mass is 9.77. The lowest BCUT2D eigenvalue weighted by Crippen LogP contribution is -2.54. The molecule has 0 unspecified atom stereocenters. The van der Waals surface area contributed by atoms with Gasteiger partial charge in [-0.2, -0.15) is 52.7 Å². The average molecular weight is 964 g/mol. The van der Waals surface area contributed by atoms with Gasteiger partial charge in [-0.05, 0) is 97.2 Å². The Morgan fingerprint density at radius 1 is 0.576 bits per heavy atom. The van der Waals surface area contributed by atoms with Crippen molar-refractivity contribution in [3.8, 4) is 0 Å². The Bertz CT molecular complexity index is 1940. The van der Waals surface area contributed by atoms with Crippen molar-refractivity contribution in [3.63, 3.8) is 0 Å². The van der Waals surface area contributed by atoms with Gasteiger partial charge in [0.15, 0.2) is 0 Å². The van der Waals surface area contributed by atoms with Gasteiger partial charge in [0, 0.05) is 43.8 Å². The molecule has 10 nitrogen and oxygen atoms in total. The van der Waals surface area contributed by atoms with Gasteiger partial charge in [0.2, 0.25) is 0 Å². The first-order valence-corrected chi connectivity index (χ1v) is 21.2. The summed E-state index contributed by atoms with van der Waals surface area (Å²) in [5.41, 5.74) is 6.43. The number of amides is 2. The zero-order valence-electron chi connectivity index (χ0n) is 35.1. The second kappa shape index (κ2) is 20.9. The van der Waals surface area contributed by atoms with Gasteiger partial charge in [0.1, 0.15) is 6.29 Å². The molecule has 0 aromatic heterocycles. The summed E-state index contributed by atoms with van der Waals surface area (Å²) in [4.78, 5) is 38.2. The zero-order valence-corrected chi connectivity index (χ0v) is 35.1. The summed E-state index contributed by atoms with van der Waals surface area (Å²) < 4.78 is 169. The van der Waals surface area contributed by atoms with Crippen LogP contribution in [0.25, 0.3) is 0 Å². The van der Waals surface area contributed by atoms with Gasteiger partial charge >= 0.3 is 36.9 Å². The molecule has 2 amide bonds. The van der Waals surface area contributed by atoms with Crippen molar-refractivity contribution in [2.45, 2.75) is 147 Å². The van der Waals surface area contributed by atoms with Crippen molar-refractivity contribution in [2.75, 3.05) is 32.7 Å². The van der Waals surface area contributed by atoms with E-state index >= 15 is 0 Å². The van der Waals surface area contributed by atoms with E-state index in [1.807, 2.05) is 18.2 Å². The first kappa shape index (κ1) is 52.7. The molecule has 2 aromatic rings. The fourth-order valence-electron chi connectivity index (χ4n) is 9.50. The minimum atomic E-state index is -5.71. The summed E-state index contributed by atoms with van der Waals surface area (Å²) in [6, 6.07) is 11.9. The third kappa shape index (κ3) is 13.0. The van der Waals surface area contributed by atoms with Crippen molar-refractivity contribution >= 4 is 18.5 Å². The molecule has 1 saturated carbocycles. The van der Waals surface area contributed by atoms with Gasteiger partial charge in [-0.1, -0.05) is 50.6 Å². The maximum absolute atomic E-state index is 12.7. The number of carbonyl (C=O) groups excluding carboxylic acids is 3. The topological polar surface area (TPSA) is 97.9 Å². The zero-order chi connectivity index (χ0) is 47.4. The Kier molecular flexibility index (Phi) is 16.7. The van der Waals surface area contributed by atoms with Crippen LogP contribution < -0.4 is 0 Å². The largest absolute Gasteiger partial charge is 0.434 e. The number of likely N-dealkylation sites (tertiary alicyclic amines) is 3. The number of nitrogens with zero attached hydrogens (tertiary/aromatic N) is 3. The molecule has 0 bridgehead atoms. The summed E-state index contributed by atoms with van der Waals surface area (Å²) in [5, 5.41) is 0. The first-order chi connectivity index (χ1) is 30.4. The van der Waals surface area contributed by atoms with E-state index in [-0.39, 0.29) is 44.6 Å². The van der Waals surface area contributed by atoms with Gasteiger partial charge in [0.05, 0.1) is 26.4 Å². The molecule has 0 atom stereocenters. The number of hydrogen-bond donors (Lipinski definition) is 0. The molecule has 22 heteroatoms. The van der Waals surface area contributed by atoms with Crippen molar-refractivity contribution in [3.05, 3.63) is 69.8 Å². The third-order valence-electron chi connectivity index (χ3n) is 13.1. The summed E-state index contributed by atoms with van der Waals surface area (Å²) in [6.45, 7) is 4.46. The molecule has 2 spiro atoms. The molecule has 2 aromatic carbocycles. The van der Waals surface area contributed by atoms with Crippen LogP contribution >= 0.6 is 0 Å². The number of ether oxygens (including phenoxy) is 4. The monoisotopic (exact) mass is 963 g/mol. The van der Waals surface area contributed by atoms with Gasteiger partial charge in [-0.3, -0.25) is 9.69 Å². The molecule has 0 N–H and O–H groups in total. The smallest absolute Gasteiger partial charge is 0.426 e. The highest BCUT2D eigenvalue weighted by atomic mass is 19.4. The quantitative estimate of drug-likeness (QED) is 0.216. The van der Waals surface area contributed by atoms with Crippen LogP contribution in [0.4, 0.5) is 62.3 Å². The molecule has 8 rings (SSSR count). The maximum atomic E-state index is 12.7. The molecule has 66 heavy (non-hydrogen) atoms. The Balaban J connectivity index is 0.000000207. The number of alkyl halides is 12. The Morgan fingerprint density at radius 3 is 1.48 bits per heavy atom. The second-order valence-electron chi connectivity index (χ2n) is 17.4. The van der Waals surface area contributed by atoms with E-state index in [4.69, 9.17) is 9.47 Å². The second-order valence-corrected chi connectivity index (χ2v) is 17.4. The van der Waals surface area contributed by atoms with Crippen LogP contribution in [0.5, 0.6) is 0 Å². The van der Waals surface area contributed by atoms with E-state index in [9.17, 15) is 67.1 Å². The minimum Gasteiger partial charge on any atom is -0.426 e. The number of aldehydes is 1. The Hall–Kier alpha value is -4.31. The molecule has 3 saturated heterocycles. The summed E-state index contributed by atoms with van der Waals surface area (Å²) in [6.07, 6.45) is -25.1. The minimum absolute atomic E-state index is 0. The van der Waals surface area contributed by atoms with Crippen LogP contribution in [-0.4, -0.2) is 108 Å². The van der Waals surface area contributed by atoms with Crippen LogP contribution in [0.1, 0.15) is 110 Å². The van der Waals surface area contributed by atoms with Crippen molar-refractivity contribution in [1.82, 2.24) is 14.7 Å². The fourth-order valence-corrected chi connectivity index (χ4v) is 9.50.